The van der Waals surface area contributed by atoms with Crippen LogP contribution in [0, 0.1) is 0 Å². The zero-order valence-corrected chi connectivity index (χ0v) is 47.6. The highest BCUT2D eigenvalue weighted by atomic mass is 16.7. The lowest BCUT2D eigenvalue weighted by Gasteiger charge is -2.40. The number of aliphatic hydroxyl groups excluding tert-OH is 7. The number of rotatable bonds is 55. The van der Waals surface area contributed by atoms with Gasteiger partial charge in [-0.3, -0.25) is 4.79 Å². The first kappa shape index (κ1) is 69.9. The number of hydrogen-bond acceptors (Lipinski definition) is 10. The maximum atomic E-state index is 13.2. The Morgan fingerprint density at radius 2 is 0.795 bits per heavy atom. The molecule has 1 rings (SSSR count). The SMILES string of the molecule is CCCCCCCCCCCCC/C=C\CCCCCCCCC(O)C(=O)NC(COC1OC(CO)C(O)C(O)C1O)C(O)C(O)CCCCCCCCCCCCCCCCCCCCCCCCCCC. The summed E-state index contributed by atoms with van der Waals surface area (Å²) in [6.45, 7) is 3.50. The van der Waals surface area contributed by atoms with E-state index in [4.69, 9.17) is 9.47 Å². The summed E-state index contributed by atoms with van der Waals surface area (Å²) in [7, 11) is 0. The van der Waals surface area contributed by atoms with Crippen LogP contribution in [-0.2, 0) is 14.3 Å². The summed E-state index contributed by atoms with van der Waals surface area (Å²) in [5.74, 6) is -0.696. The van der Waals surface area contributed by atoms with Crippen LogP contribution in [0.1, 0.15) is 309 Å². The Balaban J connectivity index is 2.26. The fraction of sp³-hybridized carbons (Fsp3) is 0.952. The van der Waals surface area contributed by atoms with Gasteiger partial charge in [-0.1, -0.05) is 283 Å². The zero-order valence-electron chi connectivity index (χ0n) is 47.6. The molecule has 0 aliphatic carbocycles. The average Bonchev–Trinajstić information content (AvgIpc) is 3.39. The number of allylic oxidation sites excluding steroid dienone is 2. The molecule has 434 valence electrons. The summed E-state index contributed by atoms with van der Waals surface area (Å²) in [5, 5.41) is 76.3. The van der Waals surface area contributed by atoms with E-state index in [2.05, 4.69) is 31.3 Å². The summed E-state index contributed by atoms with van der Waals surface area (Å²) >= 11 is 0. The second kappa shape index (κ2) is 51.6. The molecule has 1 amide bonds. The summed E-state index contributed by atoms with van der Waals surface area (Å²) in [6, 6.07) is -1.17. The van der Waals surface area contributed by atoms with Gasteiger partial charge in [0.1, 0.15) is 36.6 Å². The first-order valence-corrected chi connectivity index (χ1v) is 31.6. The van der Waals surface area contributed by atoms with Crippen molar-refractivity contribution >= 4 is 5.91 Å². The Bertz CT molecular complexity index is 1190. The van der Waals surface area contributed by atoms with Crippen molar-refractivity contribution in [1.29, 1.82) is 0 Å². The normalized spacial score (nSPS) is 19.9. The van der Waals surface area contributed by atoms with Crippen LogP contribution in [0.5, 0.6) is 0 Å². The molecule has 73 heavy (non-hydrogen) atoms. The summed E-state index contributed by atoms with van der Waals surface area (Å²) < 4.78 is 11.2. The highest BCUT2D eigenvalue weighted by Gasteiger charge is 2.44. The Morgan fingerprint density at radius 1 is 0.466 bits per heavy atom. The summed E-state index contributed by atoms with van der Waals surface area (Å²) in [5.41, 5.74) is 0. The van der Waals surface area contributed by atoms with Crippen LogP contribution in [0.3, 0.4) is 0 Å². The van der Waals surface area contributed by atoms with Crippen LogP contribution in [0.25, 0.3) is 0 Å². The lowest BCUT2D eigenvalue weighted by Crippen LogP contribution is -2.60. The molecule has 9 atom stereocenters. The number of ether oxygens (including phenoxy) is 2. The number of nitrogens with one attached hydrogen (secondary N) is 1. The topological polar surface area (TPSA) is 189 Å². The van der Waals surface area contributed by atoms with Gasteiger partial charge in [0, 0.05) is 0 Å². The lowest BCUT2D eigenvalue weighted by molar-refractivity contribution is -0.303. The van der Waals surface area contributed by atoms with Crippen LogP contribution >= 0.6 is 0 Å². The molecule has 1 saturated heterocycles. The fourth-order valence-corrected chi connectivity index (χ4v) is 10.4. The third-order valence-electron chi connectivity index (χ3n) is 15.6. The molecule has 0 spiro atoms. The molecule has 8 N–H and O–H groups in total. The van der Waals surface area contributed by atoms with Gasteiger partial charge in [-0.2, -0.15) is 0 Å². The number of carbonyl (C=O) groups is 1. The van der Waals surface area contributed by atoms with Crippen molar-refractivity contribution in [2.24, 2.45) is 0 Å². The van der Waals surface area contributed by atoms with E-state index in [-0.39, 0.29) is 6.42 Å². The second-order valence-corrected chi connectivity index (χ2v) is 22.5. The molecule has 1 fully saturated rings. The molecular formula is C62H121NO10. The highest BCUT2D eigenvalue weighted by molar-refractivity contribution is 5.80. The van der Waals surface area contributed by atoms with Crippen molar-refractivity contribution in [3.63, 3.8) is 0 Å². The number of amides is 1. The molecular weight excluding hydrogens is 919 g/mol. The zero-order chi connectivity index (χ0) is 53.3. The molecule has 0 aromatic heterocycles. The second-order valence-electron chi connectivity index (χ2n) is 22.5. The first-order chi connectivity index (χ1) is 35.7. The minimum absolute atomic E-state index is 0.256. The standard InChI is InChI=1S/C62H121NO10/c1-3-5-7-9-11-13-15-17-19-21-23-25-26-27-28-30-31-33-35-37-39-41-43-45-47-49-54(65)57(67)53(52-72-62-60(70)59(69)58(68)56(51-64)73-62)63-61(71)55(66)50-48-46-44-42-40-38-36-34-32-29-24-22-20-18-16-14-12-10-8-6-4-2/h32,34,53-60,62,64-70H,3-31,33,35-52H2,1-2H3,(H,63,71)/b34-32-. The Morgan fingerprint density at radius 3 is 1.15 bits per heavy atom. The van der Waals surface area contributed by atoms with Gasteiger partial charge in [-0.15, -0.1) is 0 Å². The van der Waals surface area contributed by atoms with Crippen LogP contribution in [-0.4, -0.2) is 110 Å². The van der Waals surface area contributed by atoms with E-state index < -0.39 is 74.2 Å². The molecule has 0 aromatic carbocycles. The summed E-state index contributed by atoms with van der Waals surface area (Å²) in [6.07, 6.45) is 49.8. The van der Waals surface area contributed by atoms with Gasteiger partial charge < -0.3 is 50.5 Å². The van der Waals surface area contributed by atoms with Crippen molar-refractivity contribution in [1.82, 2.24) is 5.32 Å². The molecule has 1 aliphatic heterocycles. The lowest BCUT2D eigenvalue weighted by atomic mass is 9.98. The van der Waals surface area contributed by atoms with Gasteiger partial charge in [0.25, 0.3) is 0 Å². The highest BCUT2D eigenvalue weighted by Crippen LogP contribution is 2.24. The van der Waals surface area contributed by atoms with E-state index in [1.165, 1.54) is 218 Å². The van der Waals surface area contributed by atoms with Crippen molar-refractivity contribution in [3.05, 3.63) is 12.2 Å². The number of carbonyl (C=O) groups excluding carboxylic acids is 1. The quantitative estimate of drug-likeness (QED) is 0.0215. The minimum Gasteiger partial charge on any atom is -0.394 e. The van der Waals surface area contributed by atoms with Gasteiger partial charge in [-0.05, 0) is 38.5 Å². The van der Waals surface area contributed by atoms with Crippen LogP contribution < -0.4 is 5.32 Å². The maximum absolute atomic E-state index is 13.2. The van der Waals surface area contributed by atoms with Crippen molar-refractivity contribution in [2.45, 2.75) is 364 Å². The molecule has 0 aromatic rings. The van der Waals surface area contributed by atoms with Crippen molar-refractivity contribution in [2.75, 3.05) is 13.2 Å². The van der Waals surface area contributed by atoms with E-state index in [9.17, 15) is 40.5 Å². The maximum Gasteiger partial charge on any atom is 0.249 e. The van der Waals surface area contributed by atoms with E-state index in [0.717, 1.165) is 51.4 Å². The van der Waals surface area contributed by atoms with E-state index in [1.54, 1.807) is 0 Å². The number of hydrogen-bond donors (Lipinski definition) is 8. The van der Waals surface area contributed by atoms with Gasteiger partial charge in [0.15, 0.2) is 6.29 Å². The number of unbranched alkanes of at least 4 members (excludes halogenated alkanes) is 41. The third-order valence-corrected chi connectivity index (χ3v) is 15.6. The van der Waals surface area contributed by atoms with Crippen LogP contribution in [0.15, 0.2) is 12.2 Å². The molecule has 1 heterocycles. The smallest absolute Gasteiger partial charge is 0.249 e. The molecule has 0 bridgehead atoms. The van der Waals surface area contributed by atoms with Gasteiger partial charge in [0.05, 0.1) is 25.4 Å². The van der Waals surface area contributed by atoms with Gasteiger partial charge in [0.2, 0.25) is 5.91 Å². The van der Waals surface area contributed by atoms with Crippen molar-refractivity contribution < 1.29 is 50.0 Å². The molecule has 11 heteroatoms. The van der Waals surface area contributed by atoms with Gasteiger partial charge in [-0.25, -0.2) is 0 Å². The first-order valence-electron chi connectivity index (χ1n) is 31.6. The Labute approximate surface area is 449 Å². The molecule has 1 aliphatic rings. The number of aliphatic hydroxyl groups is 7. The Kier molecular flexibility index (Phi) is 49.4. The largest absolute Gasteiger partial charge is 0.394 e. The monoisotopic (exact) mass is 1040 g/mol. The molecule has 11 nitrogen and oxygen atoms in total. The van der Waals surface area contributed by atoms with Crippen molar-refractivity contribution in [3.8, 4) is 0 Å². The third kappa shape index (κ3) is 39.8. The Hall–Kier alpha value is -1.15. The predicted molar refractivity (Wildman–Crippen MR) is 303 cm³/mol. The fourth-order valence-electron chi connectivity index (χ4n) is 10.4. The predicted octanol–water partition coefficient (Wildman–Crippen LogP) is 13.9. The minimum atomic E-state index is -1.66. The van der Waals surface area contributed by atoms with Gasteiger partial charge >= 0.3 is 0 Å². The van der Waals surface area contributed by atoms with Crippen LogP contribution in [0.2, 0.25) is 0 Å². The van der Waals surface area contributed by atoms with E-state index >= 15 is 0 Å². The molecule has 9 unspecified atom stereocenters. The summed E-state index contributed by atoms with van der Waals surface area (Å²) in [4.78, 5) is 13.2. The van der Waals surface area contributed by atoms with E-state index in [0.29, 0.717) is 19.3 Å². The molecule has 0 radical (unpaired) electrons. The average molecular weight is 1040 g/mol. The van der Waals surface area contributed by atoms with Crippen LogP contribution in [0.4, 0.5) is 0 Å². The van der Waals surface area contributed by atoms with E-state index in [1.807, 2.05) is 0 Å². The molecule has 0 saturated carbocycles.